The Bertz CT molecular complexity index is 3290. The molecule has 9 aromatic carbocycles. The van der Waals surface area contributed by atoms with Gasteiger partial charge in [0, 0.05) is 42.3 Å². The van der Waals surface area contributed by atoms with E-state index in [9.17, 15) is 0 Å². The lowest BCUT2D eigenvalue weighted by atomic mass is 9.67. The Hall–Kier alpha value is -7.20. The van der Waals surface area contributed by atoms with Gasteiger partial charge in [0.05, 0.1) is 11.1 Å². The second-order valence-corrected chi connectivity index (χ2v) is 16.2. The zero-order chi connectivity index (χ0) is 38.2. The number of rotatable bonds is 6. The van der Waals surface area contributed by atoms with Crippen molar-refractivity contribution in [2.45, 2.75) is 5.41 Å². The van der Waals surface area contributed by atoms with E-state index >= 15 is 0 Å². The molecule has 1 aliphatic rings. The van der Waals surface area contributed by atoms with Gasteiger partial charge in [-0.25, -0.2) is 0 Å². The summed E-state index contributed by atoms with van der Waals surface area (Å²) < 4.78 is 9.76. The molecular weight excluding hydrogens is 723 g/mol. The number of para-hydroxylation sites is 2. The van der Waals surface area contributed by atoms with E-state index in [4.69, 9.17) is 4.42 Å². The molecule has 2 aromatic heterocycles. The number of hydrogen-bond donors (Lipinski definition) is 0. The molecule has 0 fully saturated rings. The van der Waals surface area contributed by atoms with Gasteiger partial charge in [-0.05, 0) is 93.0 Å². The number of benzene rings is 9. The normalized spacial score (nSPS) is 13.0. The van der Waals surface area contributed by atoms with Gasteiger partial charge in [0.15, 0.2) is 5.58 Å². The number of thiophene rings is 1. The van der Waals surface area contributed by atoms with Gasteiger partial charge in [-0.1, -0.05) is 164 Å². The first kappa shape index (κ1) is 33.0. The molecule has 11 aromatic rings. The highest BCUT2D eigenvalue weighted by Gasteiger charge is 2.46. The molecule has 2 nitrogen and oxygen atoms in total. The standard InChI is InChI=1S/C55H35NOS/c1-4-16-37(17-5-1)55(38-18-6-2-7-19-38)48-27-12-10-22-42(48)46-34-47-44-25-15-28-50(53(44)57-51(47)35-49(46)55)56(39-20-8-3-9-21-39)40-32-30-36(31-33-40)41-24-14-26-45-43-23-11-13-29-52(43)58-54(41)45/h1-35H. The number of nitrogens with zero attached hydrogens (tertiary/aromatic N) is 1. The fourth-order valence-electron chi connectivity index (χ4n) is 9.66. The van der Waals surface area contributed by atoms with Crippen molar-refractivity contribution >= 4 is 70.5 Å². The van der Waals surface area contributed by atoms with Gasteiger partial charge >= 0.3 is 0 Å². The van der Waals surface area contributed by atoms with Crippen molar-refractivity contribution in [2.75, 3.05) is 4.90 Å². The highest BCUT2D eigenvalue weighted by Crippen LogP contribution is 2.57. The van der Waals surface area contributed by atoms with E-state index in [2.05, 4.69) is 217 Å². The van der Waals surface area contributed by atoms with E-state index in [0.29, 0.717) is 0 Å². The van der Waals surface area contributed by atoms with E-state index in [-0.39, 0.29) is 0 Å². The van der Waals surface area contributed by atoms with Gasteiger partial charge < -0.3 is 9.32 Å². The lowest BCUT2D eigenvalue weighted by Crippen LogP contribution is -2.28. The molecule has 3 heteroatoms. The Morgan fingerprint density at radius 2 is 1.02 bits per heavy atom. The van der Waals surface area contributed by atoms with Gasteiger partial charge in [0.2, 0.25) is 0 Å². The minimum atomic E-state index is -0.498. The van der Waals surface area contributed by atoms with Crippen LogP contribution in [0.15, 0.2) is 217 Å². The van der Waals surface area contributed by atoms with Crippen LogP contribution >= 0.6 is 11.3 Å². The van der Waals surface area contributed by atoms with E-state index in [0.717, 1.165) is 39.0 Å². The zero-order valence-corrected chi connectivity index (χ0v) is 32.3. The van der Waals surface area contributed by atoms with Gasteiger partial charge in [0.25, 0.3) is 0 Å². The third-order valence-corrected chi connectivity index (χ3v) is 13.4. The average Bonchev–Trinajstić information content (AvgIpc) is 3.95. The Morgan fingerprint density at radius 1 is 0.414 bits per heavy atom. The predicted octanol–water partition coefficient (Wildman–Crippen LogP) is 15.5. The zero-order valence-electron chi connectivity index (χ0n) is 31.5. The quantitative estimate of drug-likeness (QED) is 0.168. The van der Waals surface area contributed by atoms with E-state index in [1.165, 1.54) is 64.7 Å². The van der Waals surface area contributed by atoms with Crippen molar-refractivity contribution in [3.05, 3.63) is 235 Å². The minimum Gasteiger partial charge on any atom is -0.454 e. The van der Waals surface area contributed by atoms with Crippen molar-refractivity contribution < 1.29 is 4.42 Å². The molecule has 0 unspecified atom stereocenters. The molecule has 12 rings (SSSR count). The molecule has 1 aliphatic carbocycles. The molecule has 0 radical (unpaired) electrons. The van der Waals surface area contributed by atoms with Crippen LogP contribution in [-0.4, -0.2) is 0 Å². The molecule has 0 N–H and O–H groups in total. The summed E-state index contributed by atoms with van der Waals surface area (Å²) in [5, 5.41) is 4.83. The first-order valence-electron chi connectivity index (χ1n) is 19.8. The van der Waals surface area contributed by atoms with Gasteiger partial charge in [-0.3, -0.25) is 0 Å². The lowest BCUT2D eigenvalue weighted by molar-refractivity contribution is 0.666. The highest BCUT2D eigenvalue weighted by molar-refractivity contribution is 7.26. The second kappa shape index (κ2) is 12.9. The Kier molecular flexibility index (Phi) is 7.35. The van der Waals surface area contributed by atoms with Crippen LogP contribution in [0.3, 0.4) is 0 Å². The monoisotopic (exact) mass is 757 g/mol. The molecule has 0 atom stereocenters. The van der Waals surface area contributed by atoms with Crippen molar-refractivity contribution in [3.8, 4) is 22.3 Å². The average molecular weight is 758 g/mol. The molecule has 0 amide bonds. The Labute approximate surface area is 340 Å². The number of fused-ring (bicyclic) bond motifs is 9. The summed E-state index contributed by atoms with van der Waals surface area (Å²) in [6.07, 6.45) is 0. The fraction of sp³-hybridized carbons (Fsp3) is 0.0182. The molecule has 0 aliphatic heterocycles. The first-order valence-corrected chi connectivity index (χ1v) is 20.7. The largest absolute Gasteiger partial charge is 0.454 e. The summed E-state index contributed by atoms with van der Waals surface area (Å²) in [6.45, 7) is 0. The van der Waals surface area contributed by atoms with Crippen LogP contribution in [0.4, 0.5) is 17.1 Å². The van der Waals surface area contributed by atoms with Crippen LogP contribution in [0.2, 0.25) is 0 Å². The van der Waals surface area contributed by atoms with Crippen LogP contribution in [-0.2, 0) is 5.41 Å². The van der Waals surface area contributed by atoms with Gasteiger partial charge in [0.1, 0.15) is 5.58 Å². The summed E-state index contributed by atoms with van der Waals surface area (Å²) in [5.41, 5.74) is 14.4. The van der Waals surface area contributed by atoms with E-state index in [1.54, 1.807) is 0 Å². The Morgan fingerprint density at radius 3 is 1.79 bits per heavy atom. The predicted molar refractivity (Wildman–Crippen MR) is 244 cm³/mol. The molecular formula is C55H35NOS. The summed E-state index contributed by atoms with van der Waals surface area (Å²) in [4.78, 5) is 2.33. The topological polar surface area (TPSA) is 16.4 Å². The van der Waals surface area contributed by atoms with Crippen molar-refractivity contribution in [1.29, 1.82) is 0 Å². The third kappa shape index (κ3) is 4.78. The molecule has 0 spiro atoms. The van der Waals surface area contributed by atoms with Crippen molar-refractivity contribution in [1.82, 2.24) is 0 Å². The molecule has 272 valence electrons. The Balaban J connectivity index is 1.05. The molecule has 58 heavy (non-hydrogen) atoms. The maximum atomic E-state index is 7.13. The third-order valence-electron chi connectivity index (χ3n) is 12.2. The van der Waals surface area contributed by atoms with Crippen LogP contribution < -0.4 is 4.90 Å². The maximum Gasteiger partial charge on any atom is 0.159 e. The lowest BCUT2D eigenvalue weighted by Gasteiger charge is -2.33. The smallest absolute Gasteiger partial charge is 0.159 e. The van der Waals surface area contributed by atoms with Crippen molar-refractivity contribution in [3.63, 3.8) is 0 Å². The molecule has 0 saturated heterocycles. The summed E-state index contributed by atoms with van der Waals surface area (Å²) >= 11 is 1.87. The van der Waals surface area contributed by atoms with E-state index in [1.807, 2.05) is 11.3 Å². The minimum absolute atomic E-state index is 0.498. The van der Waals surface area contributed by atoms with E-state index < -0.39 is 5.41 Å². The van der Waals surface area contributed by atoms with Gasteiger partial charge in [-0.15, -0.1) is 11.3 Å². The van der Waals surface area contributed by atoms with Gasteiger partial charge in [-0.2, -0.15) is 0 Å². The molecule has 0 bridgehead atoms. The van der Waals surface area contributed by atoms with Crippen LogP contribution in [0.25, 0.3) is 64.4 Å². The first-order chi connectivity index (χ1) is 28.8. The summed E-state index contributed by atoms with van der Waals surface area (Å²) in [5.74, 6) is 0. The molecule has 2 heterocycles. The van der Waals surface area contributed by atoms with Crippen molar-refractivity contribution in [2.24, 2.45) is 0 Å². The number of furan rings is 1. The summed E-state index contributed by atoms with van der Waals surface area (Å²) in [6, 6.07) is 77.1. The highest BCUT2D eigenvalue weighted by atomic mass is 32.1. The SMILES string of the molecule is c1ccc(N(c2ccc(-c3cccc4c3sc3ccccc34)cc2)c2cccc3c2oc2cc4c(cc23)-c2ccccc2C4(c2ccccc2)c2ccccc2)cc1. The van der Waals surface area contributed by atoms with Crippen LogP contribution in [0.5, 0.6) is 0 Å². The number of anilines is 3. The molecule has 0 saturated carbocycles. The second-order valence-electron chi connectivity index (χ2n) is 15.2. The number of hydrogen-bond acceptors (Lipinski definition) is 3. The summed E-state index contributed by atoms with van der Waals surface area (Å²) in [7, 11) is 0. The van der Waals surface area contributed by atoms with Crippen LogP contribution in [0.1, 0.15) is 22.3 Å². The fourth-order valence-corrected chi connectivity index (χ4v) is 10.9. The van der Waals surface area contributed by atoms with Crippen LogP contribution in [0, 0.1) is 0 Å². The maximum absolute atomic E-state index is 7.13.